The number of nitrogens with two attached hydrogens (primary N) is 2. The van der Waals surface area contributed by atoms with Gasteiger partial charge in [0.1, 0.15) is 13.2 Å². The molecule has 0 saturated carbocycles. The van der Waals surface area contributed by atoms with Gasteiger partial charge in [-0.1, -0.05) is 0 Å². The molecule has 0 aliphatic heterocycles. The number of aliphatic hydroxyl groups excluding tert-OH is 2. The lowest BCUT2D eigenvalue weighted by Gasteiger charge is -2.07. The molecule has 0 radical (unpaired) electrons. The van der Waals surface area contributed by atoms with Crippen molar-refractivity contribution in [3.8, 4) is 17.6 Å². The third kappa shape index (κ3) is 5.50. The van der Waals surface area contributed by atoms with Crippen molar-refractivity contribution >= 4 is 46.2 Å². The van der Waals surface area contributed by atoms with Gasteiger partial charge in [-0.3, -0.25) is 9.59 Å². The molecule has 21 heteroatoms. The van der Waals surface area contributed by atoms with E-state index in [-0.39, 0.29) is 57.5 Å². The van der Waals surface area contributed by atoms with Crippen LogP contribution in [-0.4, -0.2) is 89.2 Å². The first-order chi connectivity index (χ1) is 21.4. The van der Waals surface area contributed by atoms with Crippen molar-refractivity contribution in [2.45, 2.75) is 13.8 Å². The average Bonchev–Trinajstić information content (AvgIpc) is 3.73. The largest absolute Gasteiger partial charge is 0.493 e. The van der Waals surface area contributed by atoms with E-state index in [1.807, 2.05) is 0 Å². The molecule has 0 unspecified atom stereocenters. The lowest BCUT2D eigenvalue weighted by molar-refractivity contribution is 0.0898. The van der Waals surface area contributed by atoms with Gasteiger partial charge in [0, 0.05) is 20.2 Å². The standard InChI is InChI=1S/C24H26N16O5/c1-10-18(31-33-22-12(14(43)8-41)6-27-37(22)3)20(25)39(35-10)16-5-17(45)30-24(29-16)40-21(26)19(11(2)36-40)32-34-23-13(15(44)9-42)7-28-38(23)4/h5-7,41-42H,8-9,25-26H2,1-4H3,(H,29,30,45)/b33-31+,34-32+. The number of aromatic nitrogens is 10. The monoisotopic (exact) mass is 618 g/mol. The summed E-state index contributed by atoms with van der Waals surface area (Å²) in [5.41, 5.74) is 13.7. The van der Waals surface area contributed by atoms with Crippen molar-refractivity contribution in [2.75, 3.05) is 24.7 Å². The number of hydrogen-bond acceptors (Lipinski definition) is 17. The molecular formula is C24H26N16O5. The number of azo groups is 2. The molecule has 0 bridgehead atoms. The Kier molecular flexibility index (Phi) is 7.94. The first kappa shape index (κ1) is 30.2. The lowest BCUT2D eigenvalue weighted by Crippen LogP contribution is -2.11. The Morgan fingerprint density at radius 2 is 1.24 bits per heavy atom. The van der Waals surface area contributed by atoms with Gasteiger partial charge in [-0.15, -0.1) is 20.5 Å². The molecule has 7 N–H and O–H groups in total. The van der Waals surface area contributed by atoms with Crippen LogP contribution >= 0.6 is 0 Å². The molecule has 0 atom stereocenters. The molecule has 5 aromatic heterocycles. The van der Waals surface area contributed by atoms with E-state index in [2.05, 4.69) is 50.8 Å². The Bertz CT molecular complexity index is 1870. The van der Waals surface area contributed by atoms with E-state index in [9.17, 15) is 24.9 Å². The smallest absolute Gasteiger partial charge is 0.257 e. The molecule has 0 aliphatic carbocycles. The van der Waals surface area contributed by atoms with Gasteiger partial charge in [-0.25, -0.2) is 9.36 Å². The van der Waals surface area contributed by atoms with Crippen LogP contribution < -0.4 is 11.5 Å². The first-order valence-corrected chi connectivity index (χ1v) is 12.9. The molecule has 232 valence electrons. The van der Waals surface area contributed by atoms with Crippen molar-refractivity contribution in [3.05, 3.63) is 41.0 Å². The van der Waals surface area contributed by atoms with Crippen LogP contribution in [0.15, 0.2) is 38.9 Å². The fourth-order valence-corrected chi connectivity index (χ4v) is 4.12. The summed E-state index contributed by atoms with van der Waals surface area (Å²) in [7, 11) is 3.10. The van der Waals surface area contributed by atoms with Gasteiger partial charge in [0.15, 0.2) is 52.0 Å². The Morgan fingerprint density at radius 1 is 0.778 bits per heavy atom. The van der Waals surface area contributed by atoms with Crippen LogP contribution in [0, 0.1) is 13.8 Å². The zero-order chi connectivity index (χ0) is 32.6. The summed E-state index contributed by atoms with van der Waals surface area (Å²) in [4.78, 5) is 32.5. The summed E-state index contributed by atoms with van der Waals surface area (Å²) in [6, 6.07) is 1.20. The number of Topliss-reactive ketones (excluding diaryl/α,β-unsaturated/α-hetero) is 2. The van der Waals surface area contributed by atoms with Crippen molar-refractivity contribution in [2.24, 2.45) is 34.6 Å². The maximum atomic E-state index is 12.0. The molecule has 0 aromatic carbocycles. The molecule has 0 aliphatic rings. The number of hydrogen-bond donors (Lipinski definition) is 5. The normalized spacial score (nSPS) is 11.8. The van der Waals surface area contributed by atoms with E-state index in [1.165, 1.54) is 32.5 Å². The third-order valence-electron chi connectivity index (χ3n) is 6.41. The molecule has 0 saturated heterocycles. The molecular weight excluding hydrogens is 592 g/mol. The summed E-state index contributed by atoms with van der Waals surface area (Å²) in [5.74, 6) is -1.66. The van der Waals surface area contributed by atoms with E-state index in [0.717, 1.165) is 4.68 Å². The number of aliphatic hydroxyl groups is 2. The van der Waals surface area contributed by atoms with Crippen LogP contribution in [0.1, 0.15) is 32.1 Å². The minimum absolute atomic E-state index is 0.0129. The van der Waals surface area contributed by atoms with E-state index in [4.69, 9.17) is 11.5 Å². The Morgan fingerprint density at radius 3 is 1.73 bits per heavy atom. The Hall–Kier alpha value is -6.22. The highest BCUT2D eigenvalue weighted by Gasteiger charge is 2.22. The number of nitrogen functional groups attached to an aromatic ring is 2. The van der Waals surface area contributed by atoms with Gasteiger partial charge in [-0.05, 0) is 13.8 Å². The highest BCUT2D eigenvalue weighted by atomic mass is 16.3. The molecule has 0 fully saturated rings. The molecule has 21 nitrogen and oxygen atoms in total. The Balaban J connectivity index is 1.50. The van der Waals surface area contributed by atoms with Gasteiger partial charge in [0.05, 0.1) is 34.9 Å². The summed E-state index contributed by atoms with van der Waals surface area (Å²) in [6.07, 6.45) is 2.53. The fourth-order valence-electron chi connectivity index (χ4n) is 4.12. The number of carbonyl (C=O) groups excluding carboxylic acids is 2. The van der Waals surface area contributed by atoms with Gasteiger partial charge in [0.2, 0.25) is 5.88 Å². The summed E-state index contributed by atoms with van der Waals surface area (Å²) < 4.78 is 4.92. The molecule has 5 aromatic rings. The van der Waals surface area contributed by atoms with Gasteiger partial charge >= 0.3 is 0 Å². The highest BCUT2D eigenvalue weighted by Crippen LogP contribution is 2.33. The van der Waals surface area contributed by atoms with Gasteiger partial charge in [0.25, 0.3) is 5.95 Å². The van der Waals surface area contributed by atoms with Gasteiger partial charge in [-0.2, -0.15) is 39.7 Å². The van der Waals surface area contributed by atoms with E-state index in [1.54, 1.807) is 27.9 Å². The summed E-state index contributed by atoms with van der Waals surface area (Å²) in [6.45, 7) is 1.75. The second-order valence-corrected chi connectivity index (χ2v) is 9.42. The molecule has 45 heavy (non-hydrogen) atoms. The van der Waals surface area contributed by atoms with Crippen LogP contribution in [-0.2, 0) is 14.1 Å². The fraction of sp³-hybridized carbons (Fsp3) is 0.250. The predicted octanol–water partition coefficient (Wildman–Crippen LogP) is 0.983. The third-order valence-corrected chi connectivity index (χ3v) is 6.41. The van der Waals surface area contributed by atoms with Crippen LogP contribution in [0.25, 0.3) is 11.8 Å². The molecule has 0 spiro atoms. The second kappa shape index (κ2) is 11.8. The number of rotatable bonds is 10. The zero-order valence-electron chi connectivity index (χ0n) is 24.2. The number of nitrogens with zero attached hydrogens (tertiary/aromatic N) is 14. The zero-order valence-corrected chi connectivity index (χ0v) is 24.2. The molecule has 5 heterocycles. The van der Waals surface area contributed by atoms with Crippen molar-refractivity contribution < 1.29 is 24.9 Å². The van der Waals surface area contributed by atoms with E-state index >= 15 is 0 Å². The number of aryl methyl sites for hydroxylation is 4. The van der Waals surface area contributed by atoms with Crippen molar-refractivity contribution in [1.82, 2.24) is 49.1 Å². The topological polar surface area (TPSA) is 293 Å². The minimum atomic E-state index is -0.730. The number of carbonyl (C=O) groups is 2. The highest BCUT2D eigenvalue weighted by molar-refractivity contribution is 6.01. The average molecular weight is 619 g/mol. The Labute approximate surface area is 252 Å². The van der Waals surface area contributed by atoms with Crippen LogP contribution in [0.4, 0.5) is 34.6 Å². The SMILES string of the molecule is Cc1nn(-c2cc(O)nc(-n3nc(C)c(/N=N/c4c(C(=O)CO)cnn4C)c3N)n2)c(N)c1/N=N/c1c(C(=O)CO)cnn1C. The first-order valence-electron chi connectivity index (χ1n) is 12.9. The predicted molar refractivity (Wildman–Crippen MR) is 154 cm³/mol. The number of ketones is 2. The quantitative estimate of drug-likeness (QED) is 0.108. The van der Waals surface area contributed by atoms with Crippen molar-refractivity contribution in [3.63, 3.8) is 0 Å². The van der Waals surface area contributed by atoms with Crippen LogP contribution in [0.2, 0.25) is 0 Å². The maximum Gasteiger partial charge on any atom is 0.257 e. The summed E-state index contributed by atoms with van der Waals surface area (Å²) in [5, 5.41) is 62.0. The number of anilines is 2. The van der Waals surface area contributed by atoms with Crippen molar-refractivity contribution in [1.29, 1.82) is 0 Å². The van der Waals surface area contributed by atoms with Gasteiger partial charge < -0.3 is 26.8 Å². The molecule has 0 amide bonds. The minimum Gasteiger partial charge on any atom is -0.493 e. The molecule has 5 rings (SSSR count). The van der Waals surface area contributed by atoms with Crippen LogP contribution in [0.3, 0.4) is 0 Å². The maximum absolute atomic E-state index is 12.0. The van der Waals surface area contributed by atoms with E-state index in [0.29, 0.717) is 11.4 Å². The second-order valence-electron chi connectivity index (χ2n) is 9.42. The lowest BCUT2D eigenvalue weighted by atomic mass is 10.2. The van der Waals surface area contributed by atoms with E-state index < -0.39 is 30.7 Å². The van der Waals surface area contributed by atoms with Crippen LogP contribution in [0.5, 0.6) is 5.88 Å². The number of aromatic hydroxyl groups is 1. The summed E-state index contributed by atoms with van der Waals surface area (Å²) >= 11 is 0.